The van der Waals surface area contributed by atoms with Crippen molar-refractivity contribution in [1.29, 1.82) is 0 Å². The Labute approximate surface area is 105 Å². The van der Waals surface area contributed by atoms with Crippen molar-refractivity contribution in [2.24, 2.45) is 0 Å². The van der Waals surface area contributed by atoms with Crippen molar-refractivity contribution in [2.75, 3.05) is 0 Å². The normalized spacial score (nSPS) is 10.5. The molecule has 0 bridgehead atoms. The molecule has 8 heteroatoms. The Morgan fingerprint density at radius 3 is 2.47 bits per heavy atom. The van der Waals surface area contributed by atoms with Crippen molar-refractivity contribution < 1.29 is 27.8 Å². The van der Waals surface area contributed by atoms with E-state index in [9.17, 15) is 13.6 Å². The highest BCUT2D eigenvalue weighted by molar-refractivity contribution is 5.87. The Morgan fingerprint density at radius 1 is 1.37 bits per heavy atom. The minimum atomic E-state index is -1.43. The van der Waals surface area contributed by atoms with Crippen LogP contribution >= 0.6 is 0 Å². The molecule has 0 spiro atoms. The van der Waals surface area contributed by atoms with Gasteiger partial charge in [0.1, 0.15) is 0 Å². The lowest BCUT2D eigenvalue weighted by Gasteiger charge is -2.07. The first-order valence-corrected chi connectivity index (χ1v) is 5.11. The molecule has 2 aromatic rings. The van der Waals surface area contributed by atoms with Gasteiger partial charge in [0.25, 0.3) is 5.89 Å². The smallest absolute Gasteiger partial charge is 0.335 e. The van der Waals surface area contributed by atoms with Crippen molar-refractivity contribution in [1.82, 2.24) is 10.2 Å². The van der Waals surface area contributed by atoms with Gasteiger partial charge in [-0.05, 0) is 12.1 Å². The zero-order valence-electron chi connectivity index (χ0n) is 9.68. The second-order valence-corrected chi connectivity index (χ2v) is 3.58. The summed E-state index contributed by atoms with van der Waals surface area (Å²) in [7, 11) is 0. The van der Waals surface area contributed by atoms with Crippen LogP contribution in [-0.4, -0.2) is 21.3 Å². The molecule has 100 valence electrons. The molecule has 6 nitrogen and oxygen atoms in total. The Balaban J connectivity index is 2.18. The molecule has 0 aliphatic rings. The minimum absolute atomic E-state index is 0.0543. The van der Waals surface area contributed by atoms with E-state index >= 15 is 0 Å². The van der Waals surface area contributed by atoms with Crippen molar-refractivity contribution in [2.45, 2.75) is 13.5 Å². The largest absolute Gasteiger partial charge is 0.478 e. The number of nitrogens with zero attached hydrogens (tertiary/aromatic N) is 2. The van der Waals surface area contributed by atoms with Crippen LogP contribution in [0.1, 0.15) is 22.1 Å². The Bertz CT molecular complexity index is 604. The molecule has 1 N–H and O–H groups in total. The van der Waals surface area contributed by atoms with Gasteiger partial charge in [-0.1, -0.05) is 0 Å². The summed E-state index contributed by atoms with van der Waals surface area (Å²) < 4.78 is 36.8. The molecule has 0 aliphatic carbocycles. The third-order valence-corrected chi connectivity index (χ3v) is 2.15. The number of aromatic nitrogens is 2. The molecule has 0 amide bonds. The molecular formula is C11H8F2N2O4. The quantitative estimate of drug-likeness (QED) is 0.913. The number of ether oxygens (including phenoxy) is 1. The van der Waals surface area contributed by atoms with Crippen LogP contribution in [0.5, 0.6) is 5.75 Å². The summed E-state index contributed by atoms with van der Waals surface area (Å²) in [5.41, 5.74) is -0.504. The number of aryl methyl sites for hydroxylation is 1. The fourth-order valence-electron chi connectivity index (χ4n) is 1.35. The van der Waals surface area contributed by atoms with Gasteiger partial charge < -0.3 is 14.3 Å². The molecule has 0 radical (unpaired) electrons. The number of carboxylic acid groups (broad SMARTS) is 1. The highest BCUT2D eigenvalue weighted by Crippen LogP contribution is 2.24. The van der Waals surface area contributed by atoms with Crippen LogP contribution in [-0.2, 0) is 6.61 Å². The van der Waals surface area contributed by atoms with Crippen LogP contribution in [0.3, 0.4) is 0 Å². The lowest BCUT2D eigenvalue weighted by molar-refractivity contribution is 0.0695. The number of hydrogen-bond acceptors (Lipinski definition) is 5. The monoisotopic (exact) mass is 270 g/mol. The predicted octanol–water partition coefficient (Wildman–Crippen LogP) is 1.93. The lowest BCUT2D eigenvalue weighted by atomic mass is 10.2. The third kappa shape index (κ3) is 2.84. The second-order valence-electron chi connectivity index (χ2n) is 3.58. The molecule has 0 saturated heterocycles. The molecule has 0 saturated carbocycles. The molecule has 1 aromatic carbocycles. The highest BCUT2D eigenvalue weighted by atomic mass is 19.1. The molecule has 0 unspecified atom stereocenters. The molecule has 1 aromatic heterocycles. The van der Waals surface area contributed by atoms with Crippen LogP contribution in [0.15, 0.2) is 16.5 Å². The number of hydrogen-bond donors (Lipinski definition) is 1. The van der Waals surface area contributed by atoms with Crippen LogP contribution in [0.2, 0.25) is 0 Å². The maximum absolute atomic E-state index is 13.5. The third-order valence-electron chi connectivity index (χ3n) is 2.15. The van der Waals surface area contributed by atoms with Gasteiger partial charge in [0.05, 0.1) is 5.56 Å². The number of rotatable bonds is 4. The first-order valence-electron chi connectivity index (χ1n) is 5.11. The van der Waals surface area contributed by atoms with E-state index in [0.29, 0.717) is 18.0 Å². The average molecular weight is 270 g/mol. The van der Waals surface area contributed by atoms with Crippen LogP contribution in [0.25, 0.3) is 0 Å². The van der Waals surface area contributed by atoms with Gasteiger partial charge in [0, 0.05) is 6.92 Å². The van der Waals surface area contributed by atoms with E-state index in [1.54, 1.807) is 6.92 Å². The van der Waals surface area contributed by atoms with Crippen LogP contribution < -0.4 is 4.74 Å². The lowest BCUT2D eigenvalue weighted by Crippen LogP contribution is -2.04. The van der Waals surface area contributed by atoms with Crippen LogP contribution in [0.4, 0.5) is 8.78 Å². The average Bonchev–Trinajstić information content (AvgIpc) is 2.73. The van der Waals surface area contributed by atoms with Gasteiger partial charge in [-0.25, -0.2) is 13.6 Å². The van der Waals surface area contributed by atoms with E-state index in [1.807, 2.05) is 0 Å². The molecular weight excluding hydrogens is 262 g/mol. The van der Waals surface area contributed by atoms with E-state index in [1.165, 1.54) is 0 Å². The number of carbonyl (C=O) groups is 1. The highest BCUT2D eigenvalue weighted by Gasteiger charge is 2.16. The molecule has 2 rings (SSSR count). The fourth-order valence-corrected chi connectivity index (χ4v) is 1.35. The molecule has 1 heterocycles. The zero-order chi connectivity index (χ0) is 14.0. The molecule has 0 atom stereocenters. The van der Waals surface area contributed by atoms with E-state index in [-0.39, 0.29) is 12.5 Å². The number of carboxylic acids is 1. The van der Waals surface area contributed by atoms with Gasteiger partial charge in [-0.2, -0.15) is 0 Å². The summed E-state index contributed by atoms with van der Waals surface area (Å²) in [5.74, 6) is -4.01. The van der Waals surface area contributed by atoms with Crippen molar-refractivity contribution in [3.8, 4) is 5.75 Å². The first-order chi connectivity index (χ1) is 8.97. The summed E-state index contributed by atoms with van der Waals surface area (Å²) in [6.45, 7) is 1.24. The van der Waals surface area contributed by atoms with Crippen molar-refractivity contribution >= 4 is 5.97 Å². The van der Waals surface area contributed by atoms with E-state index in [0.717, 1.165) is 0 Å². The number of benzene rings is 1. The van der Waals surface area contributed by atoms with Crippen molar-refractivity contribution in [3.05, 3.63) is 41.1 Å². The molecule has 19 heavy (non-hydrogen) atoms. The molecule has 0 fully saturated rings. The Hall–Kier alpha value is -2.51. The SMILES string of the molecule is Cc1nnc(COc2c(F)cc(C(=O)O)cc2F)o1. The summed E-state index contributed by atoms with van der Waals surface area (Å²) in [6.07, 6.45) is 0. The Kier molecular flexibility index (Phi) is 3.41. The van der Waals surface area contributed by atoms with E-state index in [2.05, 4.69) is 10.2 Å². The van der Waals surface area contributed by atoms with Gasteiger partial charge in [-0.15, -0.1) is 10.2 Å². The summed E-state index contributed by atoms with van der Waals surface area (Å²) in [4.78, 5) is 10.6. The van der Waals surface area contributed by atoms with E-state index in [4.69, 9.17) is 14.3 Å². The maximum Gasteiger partial charge on any atom is 0.335 e. The predicted molar refractivity (Wildman–Crippen MR) is 56.7 cm³/mol. The topological polar surface area (TPSA) is 85.5 Å². The maximum atomic E-state index is 13.5. The van der Waals surface area contributed by atoms with E-state index < -0.39 is 28.9 Å². The number of aromatic carboxylic acids is 1. The minimum Gasteiger partial charge on any atom is -0.478 e. The summed E-state index contributed by atoms with van der Waals surface area (Å²) in [6, 6.07) is 1.33. The van der Waals surface area contributed by atoms with Gasteiger partial charge in [-0.3, -0.25) is 0 Å². The van der Waals surface area contributed by atoms with Crippen LogP contribution in [0, 0.1) is 18.6 Å². The number of halogens is 2. The summed E-state index contributed by atoms with van der Waals surface area (Å²) in [5, 5.41) is 15.7. The zero-order valence-corrected chi connectivity index (χ0v) is 9.68. The summed E-state index contributed by atoms with van der Waals surface area (Å²) >= 11 is 0. The standard InChI is InChI=1S/C11H8F2N2O4/c1-5-14-15-9(19-5)4-18-10-7(12)2-6(11(16)17)3-8(10)13/h2-3H,4H2,1H3,(H,16,17). The van der Waals surface area contributed by atoms with Gasteiger partial charge in [0.15, 0.2) is 24.0 Å². The second kappa shape index (κ2) is 5.01. The Morgan fingerprint density at radius 2 is 2.00 bits per heavy atom. The molecule has 0 aliphatic heterocycles. The first kappa shape index (κ1) is 12.9. The van der Waals surface area contributed by atoms with Crippen molar-refractivity contribution in [3.63, 3.8) is 0 Å². The fraction of sp³-hybridized carbons (Fsp3) is 0.182. The van der Waals surface area contributed by atoms with Gasteiger partial charge >= 0.3 is 5.97 Å². The van der Waals surface area contributed by atoms with Gasteiger partial charge in [0.2, 0.25) is 5.89 Å².